The fourth-order valence-electron chi connectivity index (χ4n) is 2.74. The summed E-state index contributed by atoms with van der Waals surface area (Å²) < 4.78 is 12.7. The van der Waals surface area contributed by atoms with Crippen LogP contribution in [0, 0.1) is 6.92 Å². The molecule has 0 aromatic carbocycles. The number of urea groups is 1. The van der Waals surface area contributed by atoms with E-state index < -0.39 is 0 Å². The summed E-state index contributed by atoms with van der Waals surface area (Å²) >= 11 is 0. The van der Waals surface area contributed by atoms with Gasteiger partial charge in [0.1, 0.15) is 6.10 Å². The Morgan fingerprint density at radius 2 is 2.38 bits per heavy atom. The van der Waals surface area contributed by atoms with Gasteiger partial charge in [0.25, 0.3) is 0 Å². The van der Waals surface area contributed by atoms with Crippen molar-refractivity contribution in [2.75, 3.05) is 6.61 Å². The highest BCUT2D eigenvalue weighted by molar-refractivity contribution is 5.74. The van der Waals surface area contributed by atoms with Gasteiger partial charge in [0, 0.05) is 24.9 Å². The number of ether oxygens (including phenoxy) is 1. The normalized spacial score (nSPS) is 20.8. The van der Waals surface area contributed by atoms with E-state index in [-0.39, 0.29) is 24.7 Å². The number of rotatable bonds is 5. The molecule has 2 N–H and O–H groups in total. The van der Waals surface area contributed by atoms with Gasteiger partial charge in [-0.25, -0.2) is 4.79 Å². The van der Waals surface area contributed by atoms with Gasteiger partial charge in [0.2, 0.25) is 5.89 Å². The minimum atomic E-state index is -0.283. The van der Waals surface area contributed by atoms with Gasteiger partial charge in [-0.3, -0.25) is 4.68 Å². The zero-order valence-corrected chi connectivity index (χ0v) is 13.9. The molecule has 1 saturated heterocycles. The lowest BCUT2D eigenvalue weighted by Gasteiger charge is -2.31. The predicted octanol–water partition coefficient (Wildman–Crippen LogP) is 1.31. The number of aryl methyl sites for hydroxylation is 2. The van der Waals surface area contributed by atoms with Gasteiger partial charge < -0.3 is 19.9 Å². The molecule has 24 heavy (non-hydrogen) atoms. The lowest BCUT2D eigenvalue weighted by molar-refractivity contribution is -0.00749. The molecule has 1 aliphatic heterocycles. The maximum absolute atomic E-state index is 12.1. The van der Waals surface area contributed by atoms with Crippen molar-refractivity contribution in [2.24, 2.45) is 0 Å². The maximum Gasteiger partial charge on any atom is 0.315 e. The van der Waals surface area contributed by atoms with Gasteiger partial charge in [-0.15, -0.1) is 0 Å². The molecule has 0 unspecified atom stereocenters. The van der Waals surface area contributed by atoms with Crippen molar-refractivity contribution in [1.29, 1.82) is 0 Å². The molecule has 1 aliphatic rings. The molecule has 3 rings (SSSR count). The molecular weight excluding hydrogens is 312 g/mol. The number of hydrogen-bond donors (Lipinski definition) is 2. The van der Waals surface area contributed by atoms with Crippen LogP contribution in [0.5, 0.6) is 0 Å². The van der Waals surface area contributed by atoms with Crippen LogP contribution in [0.15, 0.2) is 16.9 Å². The molecule has 1 fully saturated rings. The van der Waals surface area contributed by atoms with E-state index in [1.807, 2.05) is 17.8 Å². The molecule has 0 spiro atoms. The number of nitrogens with zero attached hydrogens (tertiary/aromatic N) is 4. The number of carbonyl (C=O) groups is 1. The molecule has 2 aromatic heterocycles. The smallest absolute Gasteiger partial charge is 0.315 e. The maximum atomic E-state index is 12.1. The van der Waals surface area contributed by atoms with Crippen molar-refractivity contribution in [1.82, 2.24) is 30.6 Å². The third kappa shape index (κ3) is 3.91. The summed E-state index contributed by atoms with van der Waals surface area (Å²) in [4.78, 5) is 16.2. The monoisotopic (exact) mass is 334 g/mol. The fourth-order valence-corrected chi connectivity index (χ4v) is 2.74. The van der Waals surface area contributed by atoms with Gasteiger partial charge in [0.05, 0.1) is 18.8 Å². The highest BCUT2D eigenvalue weighted by Gasteiger charge is 2.29. The number of amides is 2. The van der Waals surface area contributed by atoms with Crippen LogP contribution in [0.1, 0.15) is 43.1 Å². The summed E-state index contributed by atoms with van der Waals surface area (Å²) in [5, 5.41) is 13.7. The molecule has 0 saturated carbocycles. The Bertz CT molecular complexity index is 682. The Kier molecular flexibility index (Phi) is 5.09. The summed E-state index contributed by atoms with van der Waals surface area (Å²) in [6, 6.07) is -0.382. The largest absolute Gasteiger partial charge is 0.371 e. The first-order valence-electron chi connectivity index (χ1n) is 8.13. The number of carbonyl (C=O) groups excluding carboxylic acids is 1. The summed E-state index contributed by atoms with van der Waals surface area (Å²) in [7, 11) is 0. The quantitative estimate of drug-likeness (QED) is 0.854. The number of nitrogens with one attached hydrogen (secondary N) is 2. The minimum Gasteiger partial charge on any atom is -0.371 e. The van der Waals surface area contributed by atoms with E-state index in [0.717, 1.165) is 24.9 Å². The van der Waals surface area contributed by atoms with Crippen molar-refractivity contribution in [3.8, 4) is 0 Å². The zero-order chi connectivity index (χ0) is 16.9. The zero-order valence-electron chi connectivity index (χ0n) is 13.9. The van der Waals surface area contributed by atoms with Crippen molar-refractivity contribution in [2.45, 2.75) is 51.9 Å². The Hall–Kier alpha value is -2.42. The molecule has 0 aliphatic carbocycles. The summed E-state index contributed by atoms with van der Waals surface area (Å²) in [6.45, 7) is 5.44. The molecule has 2 atom stereocenters. The topological polar surface area (TPSA) is 107 Å². The summed E-state index contributed by atoms with van der Waals surface area (Å²) in [6.07, 6.45) is 5.34. The van der Waals surface area contributed by atoms with Crippen LogP contribution in [0.25, 0.3) is 0 Å². The third-order valence-electron chi connectivity index (χ3n) is 3.91. The summed E-state index contributed by atoms with van der Waals surface area (Å²) in [5.41, 5.74) is 0.981. The molecule has 9 heteroatoms. The van der Waals surface area contributed by atoms with E-state index in [0.29, 0.717) is 18.3 Å². The molecule has 2 aromatic rings. The van der Waals surface area contributed by atoms with E-state index in [1.165, 1.54) is 0 Å². The van der Waals surface area contributed by atoms with Gasteiger partial charge >= 0.3 is 6.03 Å². The molecule has 0 radical (unpaired) electrons. The minimum absolute atomic E-state index is 0.0994. The van der Waals surface area contributed by atoms with Gasteiger partial charge in [-0.05, 0) is 26.7 Å². The van der Waals surface area contributed by atoms with E-state index >= 15 is 0 Å². The SMILES string of the molecule is CCn1cc([C@H]2OCCC[C@@H]2NC(=O)NCc2nc(C)no2)cn1. The lowest BCUT2D eigenvalue weighted by atomic mass is 9.98. The molecule has 130 valence electrons. The second kappa shape index (κ2) is 7.43. The average Bonchev–Trinajstić information content (AvgIpc) is 3.22. The fraction of sp³-hybridized carbons (Fsp3) is 0.600. The highest BCUT2D eigenvalue weighted by Crippen LogP contribution is 2.28. The van der Waals surface area contributed by atoms with Crippen LogP contribution < -0.4 is 10.6 Å². The highest BCUT2D eigenvalue weighted by atomic mass is 16.5. The molecule has 3 heterocycles. The molecule has 0 bridgehead atoms. The van der Waals surface area contributed by atoms with Crippen molar-refractivity contribution >= 4 is 6.03 Å². The van der Waals surface area contributed by atoms with Crippen LogP contribution in [0.4, 0.5) is 4.79 Å². The van der Waals surface area contributed by atoms with Crippen LogP contribution in [0.3, 0.4) is 0 Å². The standard InChI is InChI=1S/C15H22N6O3/c1-3-21-9-11(7-17-21)14-12(5-4-6-23-14)19-15(22)16-8-13-18-10(2)20-24-13/h7,9,12,14H,3-6,8H2,1-2H3,(H2,16,19,22)/t12-,14+/m0/s1. The third-order valence-corrected chi connectivity index (χ3v) is 3.91. The van der Waals surface area contributed by atoms with Crippen LogP contribution in [-0.2, 0) is 17.8 Å². The second-order valence-corrected chi connectivity index (χ2v) is 5.73. The van der Waals surface area contributed by atoms with E-state index in [2.05, 4.69) is 25.9 Å². The van der Waals surface area contributed by atoms with E-state index in [1.54, 1.807) is 13.1 Å². The first-order valence-corrected chi connectivity index (χ1v) is 8.13. The van der Waals surface area contributed by atoms with Crippen molar-refractivity contribution < 1.29 is 14.1 Å². The average molecular weight is 334 g/mol. The lowest BCUT2D eigenvalue weighted by Crippen LogP contribution is -2.46. The molecule has 2 amide bonds. The van der Waals surface area contributed by atoms with E-state index in [4.69, 9.17) is 9.26 Å². The predicted molar refractivity (Wildman–Crippen MR) is 84.0 cm³/mol. The number of hydrogen-bond acceptors (Lipinski definition) is 6. The van der Waals surface area contributed by atoms with Crippen LogP contribution in [0.2, 0.25) is 0 Å². The van der Waals surface area contributed by atoms with Crippen LogP contribution >= 0.6 is 0 Å². The summed E-state index contributed by atoms with van der Waals surface area (Å²) in [5.74, 6) is 0.921. The Labute approximate surface area is 139 Å². The first-order chi connectivity index (χ1) is 11.7. The number of aromatic nitrogens is 4. The molecular formula is C15H22N6O3. The Balaban J connectivity index is 1.57. The Morgan fingerprint density at radius 3 is 3.08 bits per heavy atom. The Morgan fingerprint density at radius 1 is 1.50 bits per heavy atom. The van der Waals surface area contributed by atoms with E-state index in [9.17, 15) is 4.79 Å². The van der Waals surface area contributed by atoms with Crippen LogP contribution in [-0.4, -0.2) is 38.6 Å². The first kappa shape index (κ1) is 16.4. The van der Waals surface area contributed by atoms with Gasteiger partial charge in [0.15, 0.2) is 5.82 Å². The molecule has 9 nitrogen and oxygen atoms in total. The second-order valence-electron chi connectivity index (χ2n) is 5.73. The van der Waals surface area contributed by atoms with Gasteiger partial charge in [-0.2, -0.15) is 10.1 Å². The van der Waals surface area contributed by atoms with Crippen molar-refractivity contribution in [3.63, 3.8) is 0 Å². The van der Waals surface area contributed by atoms with Gasteiger partial charge in [-0.1, -0.05) is 5.16 Å². The van der Waals surface area contributed by atoms with Crippen molar-refractivity contribution in [3.05, 3.63) is 29.7 Å².